The average Bonchev–Trinajstić information content (AvgIpc) is 2.62. The Morgan fingerprint density at radius 2 is 2.04 bits per heavy atom. The molecule has 4 nitrogen and oxygen atoms in total. The van der Waals surface area contributed by atoms with Crippen LogP contribution in [0.15, 0.2) is 18.2 Å². The Morgan fingerprint density at radius 3 is 2.74 bits per heavy atom. The van der Waals surface area contributed by atoms with Crippen molar-refractivity contribution in [2.45, 2.75) is 44.9 Å². The lowest BCUT2D eigenvalue weighted by Crippen LogP contribution is -2.48. The highest BCUT2D eigenvalue weighted by Gasteiger charge is 2.53. The summed E-state index contributed by atoms with van der Waals surface area (Å²) in [6.07, 6.45) is 3.69. The summed E-state index contributed by atoms with van der Waals surface area (Å²) in [5.74, 6) is 1.54. The lowest BCUT2D eigenvalue weighted by molar-refractivity contribution is -0.138. The summed E-state index contributed by atoms with van der Waals surface area (Å²) in [7, 11) is 3.41. The van der Waals surface area contributed by atoms with Gasteiger partial charge in [0.2, 0.25) is 0 Å². The fraction of sp³-hybridized carbons (Fsp3) is 0.632. The van der Waals surface area contributed by atoms with Crippen LogP contribution in [0.1, 0.15) is 45.1 Å². The minimum absolute atomic E-state index is 0.0224. The van der Waals surface area contributed by atoms with Crippen molar-refractivity contribution >= 4 is 5.97 Å². The molecule has 23 heavy (non-hydrogen) atoms. The van der Waals surface area contributed by atoms with Crippen LogP contribution in [0.2, 0.25) is 0 Å². The Morgan fingerprint density at radius 1 is 1.26 bits per heavy atom. The minimum Gasteiger partial charge on any atom is -0.497 e. The maximum Gasteiger partial charge on any atom is 0.311 e. The SMILES string of the molecule is COC[C@@]1(C)CCC[C@]2(C)c3cc(OC)ccc3OC(=O)C[C@@H]12. The van der Waals surface area contributed by atoms with Gasteiger partial charge in [-0.05, 0) is 42.4 Å². The highest BCUT2D eigenvalue weighted by Crippen LogP contribution is 2.57. The number of rotatable bonds is 3. The third-order valence-electron chi connectivity index (χ3n) is 5.93. The van der Waals surface area contributed by atoms with Crippen LogP contribution in [0.3, 0.4) is 0 Å². The molecular formula is C19H26O4. The summed E-state index contributed by atoms with van der Waals surface area (Å²) < 4.78 is 16.6. The van der Waals surface area contributed by atoms with E-state index in [4.69, 9.17) is 14.2 Å². The van der Waals surface area contributed by atoms with E-state index in [1.807, 2.05) is 18.2 Å². The van der Waals surface area contributed by atoms with Crippen LogP contribution in [0.4, 0.5) is 0 Å². The second-order valence-corrected chi connectivity index (χ2v) is 7.45. The normalized spacial score (nSPS) is 33.2. The highest BCUT2D eigenvalue weighted by molar-refractivity contribution is 5.75. The van der Waals surface area contributed by atoms with Crippen LogP contribution >= 0.6 is 0 Å². The number of hydrogen-bond acceptors (Lipinski definition) is 4. The molecule has 0 spiro atoms. The van der Waals surface area contributed by atoms with Crippen LogP contribution in [0.5, 0.6) is 11.5 Å². The molecule has 0 amide bonds. The summed E-state index contributed by atoms with van der Waals surface area (Å²) in [6, 6.07) is 5.76. The fourth-order valence-corrected chi connectivity index (χ4v) is 4.78. The number of benzene rings is 1. The molecule has 0 radical (unpaired) electrons. The fourth-order valence-electron chi connectivity index (χ4n) is 4.78. The van der Waals surface area contributed by atoms with Crippen molar-refractivity contribution in [3.05, 3.63) is 23.8 Å². The monoisotopic (exact) mass is 318 g/mol. The van der Waals surface area contributed by atoms with E-state index in [-0.39, 0.29) is 22.7 Å². The molecular weight excluding hydrogens is 292 g/mol. The van der Waals surface area contributed by atoms with Gasteiger partial charge < -0.3 is 14.2 Å². The number of fused-ring (bicyclic) bond motifs is 3. The zero-order valence-electron chi connectivity index (χ0n) is 14.5. The van der Waals surface area contributed by atoms with E-state index in [1.165, 1.54) is 0 Å². The average molecular weight is 318 g/mol. The Bertz CT molecular complexity index is 607. The van der Waals surface area contributed by atoms with E-state index in [2.05, 4.69) is 13.8 Å². The number of hydrogen-bond donors (Lipinski definition) is 0. The van der Waals surface area contributed by atoms with Crippen molar-refractivity contribution in [2.24, 2.45) is 11.3 Å². The summed E-state index contributed by atoms with van der Waals surface area (Å²) in [4.78, 5) is 12.4. The number of carbonyl (C=O) groups excluding carboxylic acids is 1. The molecule has 1 aromatic carbocycles. The molecule has 3 rings (SSSR count). The van der Waals surface area contributed by atoms with Gasteiger partial charge in [0.1, 0.15) is 11.5 Å². The molecule has 1 heterocycles. The number of methoxy groups -OCH3 is 2. The van der Waals surface area contributed by atoms with Crippen molar-refractivity contribution in [2.75, 3.05) is 20.8 Å². The van der Waals surface area contributed by atoms with Crippen LogP contribution in [-0.4, -0.2) is 26.8 Å². The first-order chi connectivity index (χ1) is 10.9. The molecule has 0 saturated heterocycles. The minimum atomic E-state index is -0.144. The molecule has 126 valence electrons. The maximum absolute atomic E-state index is 12.4. The zero-order chi connectivity index (χ0) is 16.7. The standard InChI is InChI=1S/C19H26O4/c1-18(12-21-3)8-5-9-19(2)14-10-13(22-4)6-7-15(14)23-17(20)11-16(18)19/h6-7,10,16H,5,8-9,11-12H2,1-4H3/t16-,18+,19+/m0/s1. The van der Waals surface area contributed by atoms with Crippen LogP contribution in [-0.2, 0) is 14.9 Å². The van der Waals surface area contributed by atoms with E-state index >= 15 is 0 Å². The van der Waals surface area contributed by atoms with Crippen molar-refractivity contribution in [3.8, 4) is 11.5 Å². The van der Waals surface area contributed by atoms with Crippen molar-refractivity contribution in [1.82, 2.24) is 0 Å². The summed E-state index contributed by atoms with van der Waals surface area (Å²) in [6.45, 7) is 5.18. The first kappa shape index (κ1) is 16.3. The number of carbonyl (C=O) groups is 1. The lowest BCUT2D eigenvalue weighted by Gasteiger charge is -2.51. The highest BCUT2D eigenvalue weighted by atomic mass is 16.5. The summed E-state index contributed by atoms with van der Waals surface area (Å²) in [5, 5.41) is 0. The van der Waals surface area contributed by atoms with Crippen molar-refractivity contribution < 1.29 is 19.0 Å². The van der Waals surface area contributed by atoms with E-state index in [0.29, 0.717) is 18.8 Å². The molecule has 4 heteroatoms. The molecule has 3 atom stereocenters. The van der Waals surface area contributed by atoms with Crippen LogP contribution < -0.4 is 9.47 Å². The van der Waals surface area contributed by atoms with Gasteiger partial charge in [-0.15, -0.1) is 0 Å². The van der Waals surface area contributed by atoms with Crippen LogP contribution in [0.25, 0.3) is 0 Å². The number of ether oxygens (including phenoxy) is 3. The Hall–Kier alpha value is -1.55. The Labute approximate surface area is 138 Å². The molecule has 0 N–H and O–H groups in total. The predicted molar refractivity (Wildman–Crippen MR) is 87.9 cm³/mol. The zero-order valence-corrected chi connectivity index (χ0v) is 14.5. The third-order valence-corrected chi connectivity index (χ3v) is 5.93. The largest absolute Gasteiger partial charge is 0.497 e. The van der Waals surface area contributed by atoms with E-state index in [1.54, 1.807) is 14.2 Å². The molecule has 0 aromatic heterocycles. The van der Waals surface area contributed by atoms with E-state index in [0.717, 1.165) is 30.6 Å². The molecule has 0 bridgehead atoms. The van der Waals surface area contributed by atoms with Gasteiger partial charge in [-0.25, -0.2) is 0 Å². The maximum atomic E-state index is 12.4. The molecule has 1 fully saturated rings. The van der Waals surface area contributed by atoms with E-state index < -0.39 is 0 Å². The van der Waals surface area contributed by atoms with Crippen molar-refractivity contribution in [1.29, 1.82) is 0 Å². The molecule has 1 saturated carbocycles. The number of esters is 1. The Kier molecular flexibility index (Phi) is 4.13. The molecule has 2 aliphatic rings. The first-order valence-corrected chi connectivity index (χ1v) is 8.31. The van der Waals surface area contributed by atoms with Crippen LogP contribution in [0, 0.1) is 11.3 Å². The van der Waals surface area contributed by atoms with Gasteiger partial charge in [0.05, 0.1) is 20.1 Å². The van der Waals surface area contributed by atoms with Gasteiger partial charge in [0.15, 0.2) is 0 Å². The lowest BCUT2D eigenvalue weighted by atomic mass is 9.53. The summed E-state index contributed by atoms with van der Waals surface area (Å²) in [5.41, 5.74) is 0.960. The van der Waals surface area contributed by atoms with E-state index in [9.17, 15) is 4.79 Å². The molecule has 1 aliphatic heterocycles. The van der Waals surface area contributed by atoms with Gasteiger partial charge >= 0.3 is 5.97 Å². The van der Waals surface area contributed by atoms with Gasteiger partial charge in [0, 0.05) is 18.1 Å². The smallest absolute Gasteiger partial charge is 0.311 e. The van der Waals surface area contributed by atoms with Gasteiger partial charge in [-0.2, -0.15) is 0 Å². The van der Waals surface area contributed by atoms with Gasteiger partial charge in [0.25, 0.3) is 0 Å². The van der Waals surface area contributed by atoms with Crippen molar-refractivity contribution in [3.63, 3.8) is 0 Å². The third kappa shape index (κ3) is 2.63. The second kappa shape index (κ2) is 5.82. The van der Waals surface area contributed by atoms with Gasteiger partial charge in [-0.3, -0.25) is 4.79 Å². The first-order valence-electron chi connectivity index (χ1n) is 8.31. The van der Waals surface area contributed by atoms with Gasteiger partial charge in [-0.1, -0.05) is 20.3 Å². The summed E-state index contributed by atoms with van der Waals surface area (Å²) >= 11 is 0. The molecule has 1 aliphatic carbocycles. The quantitative estimate of drug-likeness (QED) is 0.629. The second-order valence-electron chi connectivity index (χ2n) is 7.45. The Balaban J connectivity index is 2.15. The molecule has 1 aromatic rings. The predicted octanol–water partition coefficient (Wildman–Crippen LogP) is 3.71. The topological polar surface area (TPSA) is 44.8 Å². The molecule has 0 unspecified atom stereocenters.